The van der Waals surface area contributed by atoms with E-state index in [1.807, 2.05) is 96.5 Å². The summed E-state index contributed by atoms with van der Waals surface area (Å²) in [6, 6.07) is 27.2. The molecule has 31 heavy (non-hydrogen) atoms. The zero-order valence-electron chi connectivity index (χ0n) is 16.7. The largest absolute Gasteiger partial charge is 0.337 e. The van der Waals surface area contributed by atoms with Crippen molar-refractivity contribution >= 4 is 45.8 Å². The van der Waals surface area contributed by atoms with Gasteiger partial charge in [-0.15, -0.1) is 0 Å². The van der Waals surface area contributed by atoms with Crippen LogP contribution in [0.1, 0.15) is 5.69 Å². The molecule has 152 valence electrons. The van der Waals surface area contributed by atoms with Gasteiger partial charge in [-0.05, 0) is 49.4 Å². The number of nitrogens with zero attached hydrogens (tertiary/aromatic N) is 4. The van der Waals surface area contributed by atoms with Crippen LogP contribution in [0.4, 0.5) is 23.1 Å². The molecule has 2 aromatic heterocycles. The molecule has 0 saturated heterocycles. The van der Waals surface area contributed by atoms with Crippen molar-refractivity contribution < 1.29 is 0 Å². The van der Waals surface area contributed by atoms with E-state index >= 15 is 0 Å². The third kappa shape index (κ3) is 4.06. The van der Waals surface area contributed by atoms with Gasteiger partial charge in [0, 0.05) is 16.8 Å². The first-order chi connectivity index (χ1) is 15.2. The number of fused-ring (bicyclic) bond motifs is 1. The van der Waals surface area contributed by atoms with Crippen LogP contribution in [0.15, 0.2) is 84.9 Å². The second-order valence-corrected chi connectivity index (χ2v) is 7.52. The Kier molecular flexibility index (Phi) is 4.98. The molecular formula is C24H19ClN6. The van der Waals surface area contributed by atoms with E-state index < -0.39 is 0 Å². The topological polar surface area (TPSA) is 67.7 Å². The third-order valence-corrected chi connectivity index (χ3v) is 4.97. The summed E-state index contributed by atoms with van der Waals surface area (Å²) in [5.74, 6) is 1.98. The van der Waals surface area contributed by atoms with Gasteiger partial charge in [-0.2, -0.15) is 5.10 Å². The Balaban J connectivity index is 1.60. The lowest BCUT2D eigenvalue weighted by molar-refractivity contribution is 0.868. The van der Waals surface area contributed by atoms with Gasteiger partial charge in [-0.3, -0.25) is 0 Å². The normalized spacial score (nSPS) is 10.9. The van der Waals surface area contributed by atoms with E-state index in [1.54, 1.807) is 0 Å². The minimum atomic E-state index is 0.593. The van der Waals surface area contributed by atoms with E-state index in [4.69, 9.17) is 21.6 Å². The molecule has 0 aliphatic heterocycles. The van der Waals surface area contributed by atoms with Crippen molar-refractivity contribution in [3.63, 3.8) is 0 Å². The number of rotatable bonds is 5. The zero-order valence-corrected chi connectivity index (χ0v) is 17.5. The summed E-state index contributed by atoms with van der Waals surface area (Å²) in [5.41, 5.74) is 4.27. The van der Waals surface area contributed by atoms with Gasteiger partial charge in [-0.25, -0.2) is 14.6 Å². The van der Waals surface area contributed by atoms with E-state index in [0.717, 1.165) is 33.9 Å². The van der Waals surface area contributed by atoms with Crippen molar-refractivity contribution in [3.05, 3.63) is 95.6 Å². The molecule has 0 atom stereocenters. The molecule has 0 bridgehead atoms. The van der Waals surface area contributed by atoms with Crippen molar-refractivity contribution in [1.29, 1.82) is 0 Å². The molecule has 3 aromatic carbocycles. The fourth-order valence-corrected chi connectivity index (χ4v) is 3.54. The second kappa shape index (κ2) is 8.08. The summed E-state index contributed by atoms with van der Waals surface area (Å²) in [5, 5.41) is 12.0. The van der Waals surface area contributed by atoms with Crippen LogP contribution in [0.3, 0.4) is 0 Å². The van der Waals surface area contributed by atoms with Gasteiger partial charge >= 0.3 is 0 Å². The molecule has 0 aliphatic rings. The van der Waals surface area contributed by atoms with Crippen LogP contribution < -0.4 is 10.6 Å². The van der Waals surface area contributed by atoms with Crippen LogP contribution in [-0.2, 0) is 0 Å². The van der Waals surface area contributed by atoms with Crippen molar-refractivity contribution in [2.45, 2.75) is 6.92 Å². The van der Waals surface area contributed by atoms with Crippen molar-refractivity contribution in [1.82, 2.24) is 19.7 Å². The van der Waals surface area contributed by atoms with E-state index in [2.05, 4.69) is 15.7 Å². The summed E-state index contributed by atoms with van der Waals surface area (Å²) in [6.45, 7) is 1.96. The van der Waals surface area contributed by atoms with Crippen LogP contribution in [0.5, 0.6) is 0 Å². The highest BCUT2D eigenvalue weighted by atomic mass is 35.5. The van der Waals surface area contributed by atoms with Crippen molar-refractivity contribution in [2.24, 2.45) is 0 Å². The molecule has 0 radical (unpaired) electrons. The number of para-hydroxylation sites is 3. The minimum absolute atomic E-state index is 0.593. The lowest BCUT2D eigenvalue weighted by Gasteiger charge is -2.14. The van der Waals surface area contributed by atoms with Gasteiger partial charge in [0.2, 0.25) is 0 Å². The molecule has 7 heteroatoms. The van der Waals surface area contributed by atoms with Gasteiger partial charge in [-0.1, -0.05) is 48.0 Å². The molecule has 0 unspecified atom stereocenters. The summed E-state index contributed by atoms with van der Waals surface area (Å²) < 4.78 is 1.86. The predicted octanol–water partition coefficient (Wildman–Crippen LogP) is 6.26. The maximum absolute atomic E-state index is 6.16. The molecule has 0 amide bonds. The van der Waals surface area contributed by atoms with Crippen LogP contribution >= 0.6 is 11.6 Å². The van der Waals surface area contributed by atoms with Gasteiger partial charge < -0.3 is 10.6 Å². The Morgan fingerprint density at radius 3 is 2.13 bits per heavy atom. The molecular weight excluding hydrogens is 408 g/mol. The first kappa shape index (κ1) is 19.1. The number of anilines is 4. The van der Waals surface area contributed by atoms with Gasteiger partial charge in [0.1, 0.15) is 5.82 Å². The monoisotopic (exact) mass is 426 g/mol. The number of nitrogens with one attached hydrogen (secondary N) is 2. The van der Waals surface area contributed by atoms with Gasteiger partial charge in [0.15, 0.2) is 11.6 Å². The number of hydrogen-bond donors (Lipinski definition) is 2. The van der Waals surface area contributed by atoms with Gasteiger partial charge in [0.25, 0.3) is 0 Å². The third-order valence-electron chi connectivity index (χ3n) is 4.74. The SMILES string of the molecule is Cc1cc(Nc2nc3ccccc3nc2Nc2cccc(Cl)c2)n(-c2ccccc2)n1. The molecule has 0 aliphatic carbocycles. The average Bonchev–Trinajstić information content (AvgIpc) is 3.15. The lowest BCUT2D eigenvalue weighted by atomic mass is 10.3. The Morgan fingerprint density at radius 1 is 0.742 bits per heavy atom. The highest BCUT2D eigenvalue weighted by Gasteiger charge is 2.14. The Morgan fingerprint density at radius 2 is 1.42 bits per heavy atom. The van der Waals surface area contributed by atoms with E-state index in [1.165, 1.54) is 0 Å². The number of halogens is 1. The summed E-state index contributed by atoms with van der Waals surface area (Å²) in [6.07, 6.45) is 0. The summed E-state index contributed by atoms with van der Waals surface area (Å²) >= 11 is 6.16. The number of aromatic nitrogens is 4. The van der Waals surface area contributed by atoms with E-state index in [-0.39, 0.29) is 0 Å². The molecule has 0 fully saturated rings. The zero-order chi connectivity index (χ0) is 21.2. The Labute approximate surface area is 184 Å². The molecule has 0 saturated carbocycles. The first-order valence-corrected chi connectivity index (χ1v) is 10.2. The van der Waals surface area contributed by atoms with Crippen LogP contribution in [-0.4, -0.2) is 19.7 Å². The summed E-state index contributed by atoms with van der Waals surface area (Å²) in [7, 11) is 0. The van der Waals surface area contributed by atoms with Crippen LogP contribution in [0, 0.1) is 6.92 Å². The Bertz CT molecular complexity index is 1360. The quantitative estimate of drug-likeness (QED) is 0.347. The Hall–Kier alpha value is -3.90. The molecule has 2 heterocycles. The number of hydrogen-bond acceptors (Lipinski definition) is 5. The highest BCUT2D eigenvalue weighted by molar-refractivity contribution is 6.30. The molecule has 5 rings (SSSR count). The smallest absolute Gasteiger partial charge is 0.175 e. The molecule has 6 nitrogen and oxygen atoms in total. The van der Waals surface area contributed by atoms with Crippen LogP contribution in [0.25, 0.3) is 16.7 Å². The molecule has 5 aromatic rings. The summed E-state index contributed by atoms with van der Waals surface area (Å²) in [4.78, 5) is 9.62. The van der Waals surface area contributed by atoms with Crippen LogP contribution in [0.2, 0.25) is 5.02 Å². The fraction of sp³-hybridized carbons (Fsp3) is 0.0417. The number of aryl methyl sites for hydroxylation is 1. The fourth-order valence-electron chi connectivity index (χ4n) is 3.35. The van der Waals surface area contributed by atoms with E-state index in [9.17, 15) is 0 Å². The van der Waals surface area contributed by atoms with Crippen molar-refractivity contribution in [3.8, 4) is 5.69 Å². The standard InChI is InChI=1S/C24H19ClN6/c1-16-14-22(31(30-16)19-10-3-2-4-11-19)29-24-23(26-18-9-7-8-17(25)15-18)27-20-12-5-6-13-21(20)28-24/h2-15H,1H3,(H,26,27)(H,28,29). The average molecular weight is 427 g/mol. The van der Waals surface area contributed by atoms with E-state index in [0.29, 0.717) is 16.7 Å². The van der Waals surface area contributed by atoms with Crippen molar-refractivity contribution in [2.75, 3.05) is 10.6 Å². The number of benzene rings is 3. The maximum atomic E-state index is 6.16. The predicted molar refractivity (Wildman–Crippen MR) is 126 cm³/mol. The maximum Gasteiger partial charge on any atom is 0.175 e. The molecule has 2 N–H and O–H groups in total. The first-order valence-electron chi connectivity index (χ1n) is 9.84. The minimum Gasteiger partial charge on any atom is -0.337 e. The lowest BCUT2D eigenvalue weighted by Crippen LogP contribution is -2.07. The second-order valence-electron chi connectivity index (χ2n) is 7.09. The molecule has 0 spiro atoms. The highest BCUT2D eigenvalue weighted by Crippen LogP contribution is 2.29. The van der Waals surface area contributed by atoms with Gasteiger partial charge in [0.05, 0.1) is 22.4 Å².